The maximum Gasteiger partial charge on any atom is 0.252 e. The molecule has 0 saturated carbocycles. The minimum absolute atomic E-state index is 0.211. The molecule has 0 unspecified atom stereocenters. The number of nitrogens with one attached hydrogen (secondary N) is 3. The number of carbonyl (C=O) groups is 1. The van der Waals surface area contributed by atoms with Gasteiger partial charge in [-0.05, 0) is 56.1 Å². The van der Waals surface area contributed by atoms with E-state index >= 15 is 0 Å². The molecule has 0 aliphatic carbocycles. The van der Waals surface area contributed by atoms with Crippen LogP contribution in [0.25, 0.3) is 10.9 Å². The molecule has 0 radical (unpaired) electrons. The second kappa shape index (κ2) is 6.43. The van der Waals surface area contributed by atoms with E-state index in [0.29, 0.717) is 6.54 Å². The van der Waals surface area contributed by atoms with Gasteiger partial charge in [0.2, 0.25) is 0 Å². The molecule has 3 aromatic rings. The summed E-state index contributed by atoms with van der Waals surface area (Å²) in [5.41, 5.74) is 3.99. The van der Waals surface area contributed by atoms with Crippen molar-refractivity contribution >= 4 is 28.2 Å². The van der Waals surface area contributed by atoms with Crippen molar-refractivity contribution in [1.29, 1.82) is 0 Å². The molecular formula is C22H24N4O. The van der Waals surface area contributed by atoms with Gasteiger partial charge in [-0.1, -0.05) is 30.3 Å². The van der Waals surface area contributed by atoms with Crippen LogP contribution in [0.1, 0.15) is 18.4 Å². The molecule has 3 heterocycles. The summed E-state index contributed by atoms with van der Waals surface area (Å²) in [6.07, 6.45) is 4.55. The van der Waals surface area contributed by atoms with Crippen LogP contribution in [0, 0.1) is 0 Å². The number of piperidine rings is 1. The molecule has 1 saturated heterocycles. The fourth-order valence-corrected chi connectivity index (χ4v) is 4.48. The molecule has 1 spiro atoms. The summed E-state index contributed by atoms with van der Waals surface area (Å²) < 4.78 is 0. The minimum Gasteiger partial charge on any atom is -0.369 e. The first-order chi connectivity index (χ1) is 13.3. The Kier molecular flexibility index (Phi) is 3.90. The topological polar surface area (TPSA) is 60.2 Å². The van der Waals surface area contributed by atoms with Crippen LogP contribution in [0.4, 0.5) is 11.4 Å². The van der Waals surface area contributed by atoms with Crippen molar-refractivity contribution in [2.45, 2.75) is 24.8 Å². The van der Waals surface area contributed by atoms with Crippen LogP contribution >= 0.6 is 0 Å². The predicted octanol–water partition coefficient (Wildman–Crippen LogP) is 3.29. The summed E-state index contributed by atoms with van der Waals surface area (Å²) in [5, 5.41) is 8.19. The molecule has 1 fully saturated rings. The smallest absolute Gasteiger partial charge is 0.252 e. The fourth-order valence-electron chi connectivity index (χ4n) is 4.48. The molecule has 1 amide bonds. The number of fused-ring (bicyclic) bond motifs is 2. The molecule has 5 heteroatoms. The van der Waals surface area contributed by atoms with E-state index in [9.17, 15) is 4.79 Å². The summed E-state index contributed by atoms with van der Waals surface area (Å²) in [6.45, 7) is 2.43. The Morgan fingerprint density at radius 1 is 1.00 bits per heavy atom. The standard InChI is InChI=1S/C22H24N4O/c27-21-22(10-12-23-13-11-22)25-19-7-3-4-8-20(19)26(21)14-9-16-15-24-18-6-2-1-5-17(16)18/h1-8,15,23-25H,9-14H2. The first kappa shape index (κ1) is 16.4. The third-order valence-electron chi connectivity index (χ3n) is 5.96. The van der Waals surface area contributed by atoms with Gasteiger partial charge in [-0.2, -0.15) is 0 Å². The molecule has 2 aromatic carbocycles. The average molecular weight is 360 g/mol. The molecule has 2 aliphatic rings. The van der Waals surface area contributed by atoms with Crippen LogP contribution in [0.3, 0.4) is 0 Å². The number of anilines is 2. The van der Waals surface area contributed by atoms with E-state index in [1.807, 2.05) is 29.2 Å². The van der Waals surface area contributed by atoms with E-state index in [-0.39, 0.29) is 5.91 Å². The molecule has 5 rings (SSSR count). The Labute approximate surface area is 158 Å². The molecule has 2 aliphatic heterocycles. The molecule has 138 valence electrons. The van der Waals surface area contributed by atoms with Crippen LogP contribution in [0.2, 0.25) is 0 Å². The number of amides is 1. The molecule has 3 N–H and O–H groups in total. The lowest BCUT2D eigenvalue weighted by Crippen LogP contribution is -2.61. The Morgan fingerprint density at radius 3 is 2.67 bits per heavy atom. The lowest BCUT2D eigenvalue weighted by molar-refractivity contribution is -0.124. The zero-order valence-corrected chi connectivity index (χ0v) is 15.3. The molecule has 27 heavy (non-hydrogen) atoms. The largest absolute Gasteiger partial charge is 0.369 e. The van der Waals surface area contributed by atoms with Crippen LogP contribution in [0.5, 0.6) is 0 Å². The van der Waals surface area contributed by atoms with Crippen molar-refractivity contribution in [3.8, 4) is 0 Å². The zero-order valence-electron chi connectivity index (χ0n) is 15.3. The van der Waals surface area contributed by atoms with Crippen molar-refractivity contribution in [1.82, 2.24) is 10.3 Å². The Hall–Kier alpha value is -2.79. The van der Waals surface area contributed by atoms with E-state index in [1.165, 1.54) is 10.9 Å². The summed E-state index contributed by atoms with van der Waals surface area (Å²) in [4.78, 5) is 18.9. The first-order valence-electron chi connectivity index (χ1n) is 9.72. The fraction of sp³-hybridized carbons (Fsp3) is 0.318. The van der Waals surface area contributed by atoms with E-state index in [2.05, 4.69) is 46.1 Å². The van der Waals surface area contributed by atoms with Gasteiger partial charge >= 0.3 is 0 Å². The van der Waals surface area contributed by atoms with Gasteiger partial charge in [-0.3, -0.25) is 4.79 Å². The second-order valence-corrected chi connectivity index (χ2v) is 7.54. The van der Waals surface area contributed by atoms with Crippen molar-refractivity contribution in [2.75, 3.05) is 29.9 Å². The lowest BCUT2D eigenvalue weighted by atomic mass is 9.84. The summed E-state index contributed by atoms with van der Waals surface area (Å²) in [5.74, 6) is 0.211. The highest BCUT2D eigenvalue weighted by atomic mass is 16.2. The van der Waals surface area contributed by atoms with Crippen molar-refractivity contribution < 1.29 is 4.79 Å². The second-order valence-electron chi connectivity index (χ2n) is 7.54. The summed E-state index contributed by atoms with van der Waals surface area (Å²) >= 11 is 0. The number of aromatic amines is 1. The SMILES string of the molecule is O=C1N(CCc2c[nH]c3ccccc23)c2ccccc2NC12CCNCC2. The van der Waals surface area contributed by atoms with Gasteiger partial charge < -0.3 is 20.5 Å². The third kappa shape index (κ3) is 2.70. The van der Waals surface area contributed by atoms with Crippen molar-refractivity contribution in [3.63, 3.8) is 0 Å². The first-order valence-corrected chi connectivity index (χ1v) is 9.72. The van der Waals surface area contributed by atoms with Crippen molar-refractivity contribution in [3.05, 3.63) is 60.3 Å². The van der Waals surface area contributed by atoms with Crippen LogP contribution < -0.4 is 15.5 Å². The number of hydrogen-bond donors (Lipinski definition) is 3. The molecule has 0 bridgehead atoms. The van der Waals surface area contributed by atoms with Crippen molar-refractivity contribution in [2.24, 2.45) is 0 Å². The highest BCUT2D eigenvalue weighted by molar-refractivity contribution is 6.08. The number of benzene rings is 2. The summed E-state index contributed by atoms with van der Waals surface area (Å²) in [7, 11) is 0. The van der Waals surface area contributed by atoms with Crippen LogP contribution in [0.15, 0.2) is 54.7 Å². The van der Waals surface area contributed by atoms with Crippen LogP contribution in [-0.4, -0.2) is 36.1 Å². The third-order valence-corrected chi connectivity index (χ3v) is 5.96. The van der Waals surface area contributed by atoms with Gasteiger partial charge in [0.15, 0.2) is 0 Å². The van der Waals surface area contributed by atoms with Gasteiger partial charge in [0.1, 0.15) is 5.54 Å². The summed E-state index contributed by atoms with van der Waals surface area (Å²) in [6, 6.07) is 16.5. The van der Waals surface area contributed by atoms with Gasteiger partial charge in [0, 0.05) is 23.6 Å². The number of hydrogen-bond acceptors (Lipinski definition) is 3. The Balaban J connectivity index is 1.47. The molecular weight excluding hydrogens is 336 g/mol. The lowest BCUT2D eigenvalue weighted by Gasteiger charge is -2.46. The number of carbonyl (C=O) groups excluding carboxylic acids is 1. The maximum absolute atomic E-state index is 13.5. The zero-order chi connectivity index (χ0) is 18.3. The predicted molar refractivity (Wildman–Crippen MR) is 109 cm³/mol. The highest BCUT2D eigenvalue weighted by Crippen LogP contribution is 2.39. The number of H-pyrrole nitrogens is 1. The monoisotopic (exact) mass is 360 g/mol. The molecule has 5 nitrogen and oxygen atoms in total. The van der Waals surface area contributed by atoms with Crippen LogP contribution in [-0.2, 0) is 11.2 Å². The Morgan fingerprint density at radius 2 is 1.78 bits per heavy atom. The van der Waals surface area contributed by atoms with Gasteiger partial charge in [0.25, 0.3) is 5.91 Å². The quantitative estimate of drug-likeness (QED) is 0.672. The Bertz CT molecular complexity index is 987. The van der Waals surface area contributed by atoms with E-state index in [0.717, 1.165) is 49.2 Å². The van der Waals surface area contributed by atoms with Gasteiger partial charge in [0.05, 0.1) is 11.4 Å². The van der Waals surface area contributed by atoms with E-state index in [1.54, 1.807) is 0 Å². The van der Waals surface area contributed by atoms with Gasteiger partial charge in [-0.15, -0.1) is 0 Å². The highest BCUT2D eigenvalue weighted by Gasteiger charge is 2.46. The number of rotatable bonds is 3. The molecule has 0 atom stereocenters. The molecule has 1 aromatic heterocycles. The van der Waals surface area contributed by atoms with E-state index < -0.39 is 5.54 Å². The van der Waals surface area contributed by atoms with E-state index in [4.69, 9.17) is 0 Å². The minimum atomic E-state index is -0.472. The van der Waals surface area contributed by atoms with Gasteiger partial charge in [-0.25, -0.2) is 0 Å². The normalized spacial score (nSPS) is 18.5. The number of aromatic nitrogens is 1. The average Bonchev–Trinajstić information content (AvgIpc) is 3.12. The maximum atomic E-state index is 13.5. The number of nitrogens with zero attached hydrogens (tertiary/aromatic N) is 1. The number of para-hydroxylation sites is 3.